The average Bonchev–Trinajstić information content (AvgIpc) is 2.79. The zero-order valence-electron chi connectivity index (χ0n) is 9.54. The first-order chi connectivity index (χ1) is 7.38. The molecule has 0 aliphatic heterocycles. The van der Waals surface area contributed by atoms with Gasteiger partial charge in [0.1, 0.15) is 5.75 Å². The first-order valence-electron chi connectivity index (χ1n) is 6.10. The molecular formula is C14H20O. The molecule has 1 saturated carbocycles. The van der Waals surface area contributed by atoms with Crippen LogP contribution >= 0.6 is 0 Å². The molecular weight excluding hydrogens is 184 g/mol. The van der Waals surface area contributed by atoms with E-state index in [0.29, 0.717) is 0 Å². The average molecular weight is 204 g/mol. The molecule has 1 aliphatic rings. The van der Waals surface area contributed by atoms with Gasteiger partial charge < -0.3 is 4.74 Å². The van der Waals surface area contributed by atoms with Crippen LogP contribution in [0.1, 0.15) is 38.2 Å². The molecule has 0 aromatic heterocycles. The van der Waals surface area contributed by atoms with Crippen LogP contribution in [0.5, 0.6) is 5.75 Å². The van der Waals surface area contributed by atoms with E-state index in [1.165, 1.54) is 31.2 Å². The molecule has 15 heavy (non-hydrogen) atoms. The summed E-state index contributed by atoms with van der Waals surface area (Å²) in [6.45, 7) is 3.09. The first kappa shape index (κ1) is 10.5. The first-order valence-corrected chi connectivity index (χ1v) is 6.10. The van der Waals surface area contributed by atoms with Crippen LogP contribution in [0.2, 0.25) is 0 Å². The molecule has 82 valence electrons. The summed E-state index contributed by atoms with van der Waals surface area (Å²) in [7, 11) is 0. The molecule has 1 aromatic rings. The third-order valence-corrected chi connectivity index (χ3v) is 3.27. The van der Waals surface area contributed by atoms with E-state index < -0.39 is 0 Å². The Balaban J connectivity index is 1.86. The summed E-state index contributed by atoms with van der Waals surface area (Å²) in [5.41, 5.74) is 1.36. The standard InChI is InChI=1S/C14H20O/c1-2-12-8-5-9-14(10-12)15-11-13-6-3-4-7-13/h5,8-10,13H,2-4,6-7,11H2,1H3. The van der Waals surface area contributed by atoms with Crippen LogP contribution in [0.25, 0.3) is 0 Å². The second-order valence-electron chi connectivity index (χ2n) is 4.46. The third-order valence-electron chi connectivity index (χ3n) is 3.27. The lowest BCUT2D eigenvalue weighted by atomic mass is 10.1. The molecule has 0 radical (unpaired) electrons. The molecule has 0 saturated heterocycles. The molecule has 1 nitrogen and oxygen atoms in total. The number of aryl methyl sites for hydroxylation is 1. The van der Waals surface area contributed by atoms with Crippen molar-refractivity contribution in [1.29, 1.82) is 0 Å². The van der Waals surface area contributed by atoms with Gasteiger partial charge in [0.15, 0.2) is 0 Å². The summed E-state index contributed by atoms with van der Waals surface area (Å²) in [6, 6.07) is 8.47. The van der Waals surface area contributed by atoms with Crippen molar-refractivity contribution in [3.63, 3.8) is 0 Å². The molecule has 0 atom stereocenters. The maximum absolute atomic E-state index is 5.83. The number of rotatable bonds is 4. The van der Waals surface area contributed by atoms with E-state index in [0.717, 1.165) is 24.7 Å². The number of benzene rings is 1. The fourth-order valence-electron chi connectivity index (χ4n) is 2.25. The summed E-state index contributed by atoms with van der Waals surface area (Å²) in [4.78, 5) is 0. The van der Waals surface area contributed by atoms with Crippen LogP contribution in [0.4, 0.5) is 0 Å². The quantitative estimate of drug-likeness (QED) is 0.724. The van der Waals surface area contributed by atoms with E-state index in [2.05, 4.69) is 31.2 Å². The van der Waals surface area contributed by atoms with Gasteiger partial charge in [-0.2, -0.15) is 0 Å². The van der Waals surface area contributed by atoms with Gasteiger partial charge in [-0.05, 0) is 42.9 Å². The zero-order chi connectivity index (χ0) is 10.5. The van der Waals surface area contributed by atoms with E-state index in [-0.39, 0.29) is 0 Å². The van der Waals surface area contributed by atoms with Crippen molar-refractivity contribution in [3.8, 4) is 5.75 Å². The van der Waals surface area contributed by atoms with Gasteiger partial charge in [-0.25, -0.2) is 0 Å². The highest BCUT2D eigenvalue weighted by atomic mass is 16.5. The van der Waals surface area contributed by atoms with Gasteiger partial charge in [-0.15, -0.1) is 0 Å². The van der Waals surface area contributed by atoms with Gasteiger partial charge in [0.25, 0.3) is 0 Å². The summed E-state index contributed by atoms with van der Waals surface area (Å²) >= 11 is 0. The van der Waals surface area contributed by atoms with Gasteiger partial charge in [0.05, 0.1) is 6.61 Å². The Morgan fingerprint density at radius 2 is 2.07 bits per heavy atom. The normalized spacial score (nSPS) is 16.9. The lowest BCUT2D eigenvalue weighted by molar-refractivity contribution is 0.252. The highest BCUT2D eigenvalue weighted by Crippen LogP contribution is 2.25. The fourth-order valence-corrected chi connectivity index (χ4v) is 2.25. The van der Waals surface area contributed by atoms with E-state index in [1.807, 2.05) is 0 Å². The second-order valence-corrected chi connectivity index (χ2v) is 4.46. The Bertz CT molecular complexity index is 300. The maximum Gasteiger partial charge on any atom is 0.119 e. The topological polar surface area (TPSA) is 9.23 Å². The predicted octanol–water partition coefficient (Wildman–Crippen LogP) is 3.82. The smallest absolute Gasteiger partial charge is 0.119 e. The molecule has 1 aromatic carbocycles. The van der Waals surface area contributed by atoms with E-state index >= 15 is 0 Å². The van der Waals surface area contributed by atoms with Crippen LogP contribution in [0.15, 0.2) is 24.3 Å². The molecule has 2 rings (SSSR count). The van der Waals surface area contributed by atoms with Gasteiger partial charge in [0, 0.05) is 0 Å². The lowest BCUT2D eigenvalue weighted by Crippen LogP contribution is -2.07. The minimum atomic E-state index is 0.801. The van der Waals surface area contributed by atoms with Crippen molar-refractivity contribution >= 4 is 0 Å². The van der Waals surface area contributed by atoms with Crippen molar-refractivity contribution in [2.24, 2.45) is 5.92 Å². The predicted molar refractivity (Wildman–Crippen MR) is 63.3 cm³/mol. The molecule has 1 aliphatic carbocycles. The van der Waals surface area contributed by atoms with Crippen LogP contribution in [0, 0.1) is 5.92 Å². The van der Waals surface area contributed by atoms with Gasteiger partial charge in [0.2, 0.25) is 0 Å². The zero-order valence-corrected chi connectivity index (χ0v) is 9.54. The summed E-state index contributed by atoms with van der Waals surface area (Å²) in [6.07, 6.45) is 6.58. The minimum absolute atomic E-state index is 0.801. The van der Waals surface area contributed by atoms with Gasteiger partial charge in [-0.1, -0.05) is 31.9 Å². The van der Waals surface area contributed by atoms with Gasteiger partial charge in [-0.3, -0.25) is 0 Å². The maximum atomic E-state index is 5.83. The van der Waals surface area contributed by atoms with E-state index in [9.17, 15) is 0 Å². The monoisotopic (exact) mass is 204 g/mol. The van der Waals surface area contributed by atoms with Crippen LogP contribution in [0.3, 0.4) is 0 Å². The number of hydrogen-bond acceptors (Lipinski definition) is 1. The molecule has 1 fully saturated rings. The molecule has 0 N–H and O–H groups in total. The van der Waals surface area contributed by atoms with E-state index in [4.69, 9.17) is 4.74 Å². The highest BCUT2D eigenvalue weighted by Gasteiger charge is 2.15. The minimum Gasteiger partial charge on any atom is -0.493 e. The second kappa shape index (κ2) is 5.20. The molecule has 0 bridgehead atoms. The SMILES string of the molecule is CCc1cccc(OCC2CCCC2)c1. The van der Waals surface area contributed by atoms with E-state index in [1.54, 1.807) is 0 Å². The lowest BCUT2D eigenvalue weighted by Gasteiger charge is -2.11. The van der Waals surface area contributed by atoms with Crippen molar-refractivity contribution in [2.45, 2.75) is 39.0 Å². The molecule has 0 amide bonds. The molecule has 0 heterocycles. The Morgan fingerprint density at radius 3 is 2.80 bits per heavy atom. The Kier molecular flexibility index (Phi) is 3.65. The fraction of sp³-hybridized carbons (Fsp3) is 0.571. The van der Waals surface area contributed by atoms with Gasteiger partial charge >= 0.3 is 0 Å². The Labute approximate surface area is 92.5 Å². The highest BCUT2D eigenvalue weighted by molar-refractivity contribution is 5.28. The molecule has 1 heteroatoms. The largest absolute Gasteiger partial charge is 0.493 e. The van der Waals surface area contributed by atoms with Crippen molar-refractivity contribution < 1.29 is 4.74 Å². The molecule has 0 spiro atoms. The molecule has 0 unspecified atom stereocenters. The summed E-state index contributed by atoms with van der Waals surface area (Å²) < 4.78 is 5.83. The Morgan fingerprint density at radius 1 is 1.27 bits per heavy atom. The third kappa shape index (κ3) is 2.98. The Hall–Kier alpha value is -0.980. The van der Waals surface area contributed by atoms with Crippen LogP contribution < -0.4 is 4.74 Å². The summed E-state index contributed by atoms with van der Waals surface area (Å²) in [5.74, 6) is 1.84. The number of hydrogen-bond donors (Lipinski definition) is 0. The van der Waals surface area contributed by atoms with Crippen molar-refractivity contribution in [1.82, 2.24) is 0 Å². The van der Waals surface area contributed by atoms with Crippen LogP contribution in [-0.2, 0) is 6.42 Å². The van der Waals surface area contributed by atoms with Crippen molar-refractivity contribution in [3.05, 3.63) is 29.8 Å². The number of ether oxygens (including phenoxy) is 1. The summed E-state index contributed by atoms with van der Waals surface area (Å²) in [5, 5.41) is 0. The van der Waals surface area contributed by atoms with Crippen LogP contribution in [-0.4, -0.2) is 6.61 Å². The van der Waals surface area contributed by atoms with Crippen molar-refractivity contribution in [2.75, 3.05) is 6.61 Å².